The summed E-state index contributed by atoms with van der Waals surface area (Å²) in [6.07, 6.45) is 0.210. The van der Waals surface area contributed by atoms with E-state index in [9.17, 15) is 9.59 Å². The second-order valence-corrected chi connectivity index (χ2v) is 9.55. The van der Waals surface area contributed by atoms with Crippen LogP contribution in [0, 0.1) is 19.8 Å². The molecule has 2 heterocycles. The second-order valence-electron chi connectivity index (χ2n) is 8.58. The van der Waals surface area contributed by atoms with E-state index in [0.29, 0.717) is 18.2 Å². The number of carbonyl (C=O) groups excluding carboxylic acids is 2. The summed E-state index contributed by atoms with van der Waals surface area (Å²) < 4.78 is 1.09. The summed E-state index contributed by atoms with van der Waals surface area (Å²) in [6, 6.07) is 23.7. The molecule has 0 aliphatic carbocycles. The maximum Gasteiger partial charge on any atom is 0.234 e. The van der Waals surface area contributed by atoms with Crippen LogP contribution in [0.5, 0.6) is 0 Å². The third-order valence-electron chi connectivity index (χ3n) is 6.03. The highest BCUT2D eigenvalue weighted by Crippen LogP contribution is 2.35. The number of rotatable bonds is 5. The first-order valence-corrected chi connectivity index (χ1v) is 11.9. The number of fused-ring (bicyclic) bond motifs is 1. The van der Waals surface area contributed by atoms with Gasteiger partial charge in [-0.05, 0) is 48.7 Å². The molecule has 1 aromatic heterocycles. The Balaban J connectivity index is 1.49. The molecule has 5 nitrogen and oxygen atoms in total. The third-order valence-corrected chi connectivity index (χ3v) is 7.26. The maximum absolute atomic E-state index is 13.8. The fourth-order valence-electron chi connectivity index (χ4n) is 4.44. The Morgan fingerprint density at radius 3 is 2.48 bits per heavy atom. The van der Waals surface area contributed by atoms with Gasteiger partial charge in [-0.2, -0.15) is 0 Å². The van der Waals surface area contributed by atoms with Gasteiger partial charge in [0.15, 0.2) is 5.13 Å². The zero-order valence-corrected chi connectivity index (χ0v) is 19.5. The van der Waals surface area contributed by atoms with Gasteiger partial charge in [0.2, 0.25) is 11.8 Å². The quantitative estimate of drug-likeness (QED) is 0.399. The monoisotopic (exact) mass is 455 g/mol. The maximum atomic E-state index is 13.8. The summed E-state index contributed by atoms with van der Waals surface area (Å²) in [7, 11) is 0. The van der Waals surface area contributed by atoms with Crippen molar-refractivity contribution in [3.63, 3.8) is 0 Å². The van der Waals surface area contributed by atoms with E-state index in [1.807, 2.05) is 60.7 Å². The summed E-state index contributed by atoms with van der Waals surface area (Å²) in [4.78, 5) is 34.9. The molecule has 4 aromatic rings. The van der Waals surface area contributed by atoms with Crippen LogP contribution in [-0.2, 0) is 16.1 Å². The molecule has 2 amide bonds. The van der Waals surface area contributed by atoms with Gasteiger partial charge >= 0.3 is 0 Å². The van der Waals surface area contributed by atoms with Gasteiger partial charge in [-0.3, -0.25) is 14.5 Å². The van der Waals surface area contributed by atoms with Crippen molar-refractivity contribution in [1.82, 2.24) is 4.98 Å². The minimum atomic E-state index is -0.406. The lowest BCUT2D eigenvalue weighted by Crippen LogP contribution is -2.37. The molecule has 0 bridgehead atoms. The van der Waals surface area contributed by atoms with Gasteiger partial charge in [0.25, 0.3) is 0 Å². The summed E-state index contributed by atoms with van der Waals surface area (Å²) >= 11 is 1.54. The number of anilines is 2. The average Bonchev–Trinajstić information content (AvgIpc) is 3.42. The number of nitrogens with zero attached hydrogens (tertiary/aromatic N) is 3. The summed E-state index contributed by atoms with van der Waals surface area (Å²) in [5.41, 5.74) is 5.08. The minimum absolute atomic E-state index is 0.0185. The Hall–Kier alpha value is -3.51. The molecule has 1 aliphatic rings. The van der Waals surface area contributed by atoms with Crippen molar-refractivity contribution in [2.24, 2.45) is 5.92 Å². The smallest absolute Gasteiger partial charge is 0.234 e. The van der Waals surface area contributed by atoms with Gasteiger partial charge in [-0.15, -0.1) is 0 Å². The molecule has 33 heavy (non-hydrogen) atoms. The van der Waals surface area contributed by atoms with Crippen LogP contribution in [0.25, 0.3) is 10.2 Å². The topological polar surface area (TPSA) is 53.5 Å². The number of hydrogen-bond donors (Lipinski definition) is 0. The molecule has 166 valence electrons. The Morgan fingerprint density at radius 1 is 1.06 bits per heavy atom. The van der Waals surface area contributed by atoms with Crippen molar-refractivity contribution < 1.29 is 9.59 Å². The number of thiazole rings is 1. The van der Waals surface area contributed by atoms with E-state index in [1.54, 1.807) is 21.1 Å². The first kappa shape index (κ1) is 21.3. The van der Waals surface area contributed by atoms with Crippen LogP contribution in [0.15, 0.2) is 72.8 Å². The Bertz CT molecular complexity index is 1320. The van der Waals surface area contributed by atoms with Crippen LogP contribution in [0.4, 0.5) is 10.8 Å². The van der Waals surface area contributed by atoms with Gasteiger partial charge in [-0.1, -0.05) is 65.9 Å². The predicted molar refractivity (Wildman–Crippen MR) is 134 cm³/mol. The first-order valence-electron chi connectivity index (χ1n) is 11.1. The van der Waals surface area contributed by atoms with Gasteiger partial charge in [0.1, 0.15) is 0 Å². The van der Waals surface area contributed by atoms with E-state index in [4.69, 9.17) is 4.98 Å². The summed E-state index contributed by atoms with van der Waals surface area (Å²) in [5.74, 6) is -0.481. The number of aryl methyl sites for hydroxylation is 2. The predicted octanol–water partition coefficient (Wildman–Crippen LogP) is 5.50. The van der Waals surface area contributed by atoms with Crippen molar-refractivity contribution >= 4 is 44.2 Å². The number of hydrogen-bond acceptors (Lipinski definition) is 4. The number of benzene rings is 3. The van der Waals surface area contributed by atoms with Crippen molar-refractivity contribution in [2.45, 2.75) is 26.8 Å². The molecular weight excluding hydrogens is 430 g/mol. The average molecular weight is 456 g/mol. The zero-order chi connectivity index (χ0) is 22.9. The Morgan fingerprint density at radius 2 is 1.76 bits per heavy atom. The molecule has 0 radical (unpaired) electrons. The molecule has 1 fully saturated rings. The van der Waals surface area contributed by atoms with Crippen LogP contribution in [-0.4, -0.2) is 23.3 Å². The SMILES string of the molecule is Cc1cc(C)c2sc(N(Cc3ccccc3)C(=O)C3CC(=O)N(c4ccccc4)C3)nc2c1. The Labute approximate surface area is 197 Å². The summed E-state index contributed by atoms with van der Waals surface area (Å²) in [5, 5.41) is 0.679. The van der Waals surface area contributed by atoms with Crippen molar-refractivity contribution in [2.75, 3.05) is 16.3 Å². The lowest BCUT2D eigenvalue weighted by atomic mass is 10.1. The molecular formula is C27H25N3O2S. The van der Waals surface area contributed by atoms with E-state index in [1.165, 1.54) is 0 Å². The van der Waals surface area contributed by atoms with Crippen molar-refractivity contribution in [1.29, 1.82) is 0 Å². The number of aromatic nitrogens is 1. The van der Waals surface area contributed by atoms with Crippen molar-refractivity contribution in [3.05, 3.63) is 89.5 Å². The van der Waals surface area contributed by atoms with Gasteiger partial charge in [-0.25, -0.2) is 4.98 Å². The number of carbonyl (C=O) groups is 2. The minimum Gasteiger partial charge on any atom is -0.312 e. The fraction of sp³-hybridized carbons (Fsp3) is 0.222. The molecule has 0 spiro atoms. The van der Waals surface area contributed by atoms with Gasteiger partial charge in [0, 0.05) is 18.7 Å². The normalized spacial score (nSPS) is 15.9. The number of amides is 2. The van der Waals surface area contributed by atoms with E-state index in [0.717, 1.165) is 32.6 Å². The first-order chi connectivity index (χ1) is 16.0. The van der Waals surface area contributed by atoms with E-state index in [-0.39, 0.29) is 18.2 Å². The van der Waals surface area contributed by atoms with Crippen LogP contribution in [0.3, 0.4) is 0 Å². The summed E-state index contributed by atoms with van der Waals surface area (Å²) in [6.45, 7) is 4.94. The van der Waals surface area contributed by atoms with Crippen LogP contribution in [0.1, 0.15) is 23.1 Å². The highest BCUT2D eigenvalue weighted by atomic mass is 32.1. The fourth-order valence-corrected chi connectivity index (χ4v) is 5.46. The molecule has 1 atom stereocenters. The van der Waals surface area contributed by atoms with Crippen molar-refractivity contribution in [3.8, 4) is 0 Å². The molecule has 1 unspecified atom stereocenters. The lowest BCUT2D eigenvalue weighted by Gasteiger charge is -2.23. The van der Waals surface area contributed by atoms with Crippen LogP contribution < -0.4 is 9.80 Å². The van der Waals surface area contributed by atoms with Crippen LogP contribution >= 0.6 is 11.3 Å². The molecule has 3 aromatic carbocycles. The van der Waals surface area contributed by atoms with Gasteiger partial charge in [0.05, 0.1) is 22.7 Å². The van der Waals surface area contributed by atoms with Crippen LogP contribution in [0.2, 0.25) is 0 Å². The molecule has 1 saturated heterocycles. The molecule has 0 N–H and O–H groups in total. The molecule has 1 aliphatic heterocycles. The number of para-hydroxylation sites is 1. The molecule has 0 saturated carbocycles. The molecule has 5 rings (SSSR count). The Kier molecular flexibility index (Phi) is 5.68. The van der Waals surface area contributed by atoms with E-state index >= 15 is 0 Å². The largest absolute Gasteiger partial charge is 0.312 e. The third kappa shape index (κ3) is 4.26. The highest BCUT2D eigenvalue weighted by Gasteiger charge is 2.38. The standard InChI is InChI=1S/C27H25N3O2S/c1-18-13-19(2)25-23(14-18)28-27(33-25)30(16-20-9-5-3-6-10-20)26(32)21-15-24(31)29(17-21)22-11-7-4-8-12-22/h3-14,21H,15-17H2,1-2H3. The zero-order valence-electron chi connectivity index (χ0n) is 18.7. The van der Waals surface area contributed by atoms with Gasteiger partial charge < -0.3 is 4.90 Å². The lowest BCUT2D eigenvalue weighted by molar-refractivity contribution is -0.124. The second kappa shape index (κ2) is 8.79. The van der Waals surface area contributed by atoms with E-state index < -0.39 is 5.92 Å². The highest BCUT2D eigenvalue weighted by molar-refractivity contribution is 7.22. The molecule has 6 heteroatoms. The van der Waals surface area contributed by atoms with E-state index in [2.05, 4.69) is 26.0 Å².